The topological polar surface area (TPSA) is 29.1 Å². The van der Waals surface area contributed by atoms with Crippen molar-refractivity contribution in [2.75, 3.05) is 12.3 Å². The molecule has 0 bridgehead atoms. The zero-order chi connectivity index (χ0) is 15.1. The van der Waals surface area contributed by atoms with E-state index < -0.39 is 10.8 Å². The molecule has 2 unspecified atom stereocenters. The Morgan fingerprint density at radius 3 is 2.38 bits per heavy atom. The molecule has 0 amide bonds. The largest absolute Gasteiger partial charge is 0.309 e. The van der Waals surface area contributed by atoms with Gasteiger partial charge in [0.25, 0.3) is 0 Å². The van der Waals surface area contributed by atoms with Gasteiger partial charge in [0.05, 0.1) is 10.8 Å². The van der Waals surface area contributed by atoms with Crippen molar-refractivity contribution in [2.24, 2.45) is 0 Å². The number of benzene rings is 2. The van der Waals surface area contributed by atoms with Crippen molar-refractivity contribution in [2.45, 2.75) is 31.2 Å². The Labute approximate surface area is 130 Å². The van der Waals surface area contributed by atoms with E-state index in [1.54, 1.807) is 0 Å². The summed E-state index contributed by atoms with van der Waals surface area (Å²) in [5.74, 6) is 0.606. The Balaban J connectivity index is 2.15. The third-order valence-electron chi connectivity index (χ3n) is 3.50. The van der Waals surface area contributed by atoms with Gasteiger partial charge >= 0.3 is 0 Å². The normalized spacial score (nSPS) is 13.8. The highest BCUT2D eigenvalue weighted by Gasteiger charge is 2.16. The van der Waals surface area contributed by atoms with Crippen LogP contribution >= 0.6 is 0 Å². The van der Waals surface area contributed by atoms with E-state index in [1.165, 1.54) is 5.56 Å². The molecule has 1 N–H and O–H groups in total. The first-order valence-corrected chi connectivity index (χ1v) is 8.76. The summed E-state index contributed by atoms with van der Waals surface area (Å²) in [5, 5.41) is 3.51. The maximum absolute atomic E-state index is 12.7. The quantitative estimate of drug-likeness (QED) is 0.842. The molecule has 2 nitrogen and oxygen atoms in total. The fourth-order valence-electron chi connectivity index (χ4n) is 2.33. The van der Waals surface area contributed by atoms with Gasteiger partial charge in [-0.1, -0.05) is 55.5 Å². The average Bonchev–Trinajstić information content (AvgIpc) is 2.52. The molecule has 2 aromatic carbocycles. The molecule has 112 valence electrons. The molecule has 0 saturated heterocycles. The molecule has 0 radical (unpaired) electrons. The molecule has 21 heavy (non-hydrogen) atoms. The average molecular weight is 301 g/mol. The van der Waals surface area contributed by atoms with E-state index in [0.29, 0.717) is 5.75 Å². The SMILES string of the molecule is CCCNC(CS(=O)c1ccccc1C)c1ccccc1. The van der Waals surface area contributed by atoms with Crippen molar-refractivity contribution in [3.63, 3.8) is 0 Å². The van der Waals surface area contributed by atoms with Crippen LogP contribution in [0.25, 0.3) is 0 Å². The standard InChI is InChI=1S/C18H23NOS/c1-3-13-19-17(16-10-5-4-6-11-16)14-21(20)18-12-8-7-9-15(18)2/h4-12,17,19H,3,13-14H2,1-2H3. The zero-order valence-electron chi connectivity index (χ0n) is 12.7. The van der Waals surface area contributed by atoms with Gasteiger partial charge in [-0.3, -0.25) is 4.21 Å². The second-order valence-electron chi connectivity index (χ2n) is 5.20. The third kappa shape index (κ3) is 4.51. The van der Waals surface area contributed by atoms with Crippen molar-refractivity contribution in [1.82, 2.24) is 5.32 Å². The highest BCUT2D eigenvalue weighted by atomic mass is 32.2. The van der Waals surface area contributed by atoms with Gasteiger partial charge in [0.1, 0.15) is 0 Å². The molecule has 0 saturated carbocycles. The Morgan fingerprint density at radius 2 is 1.71 bits per heavy atom. The van der Waals surface area contributed by atoms with E-state index in [-0.39, 0.29) is 6.04 Å². The van der Waals surface area contributed by atoms with Crippen LogP contribution in [0.1, 0.15) is 30.5 Å². The first-order valence-electron chi connectivity index (χ1n) is 7.44. The molecule has 2 atom stereocenters. The van der Waals surface area contributed by atoms with Crippen molar-refractivity contribution in [1.29, 1.82) is 0 Å². The van der Waals surface area contributed by atoms with Crippen molar-refractivity contribution in [3.8, 4) is 0 Å². The number of hydrogen-bond acceptors (Lipinski definition) is 2. The van der Waals surface area contributed by atoms with Crippen LogP contribution in [0.15, 0.2) is 59.5 Å². The Hall–Kier alpha value is -1.45. The molecular formula is C18H23NOS. The molecule has 0 aliphatic rings. The number of nitrogens with one attached hydrogen (secondary N) is 1. The lowest BCUT2D eigenvalue weighted by Crippen LogP contribution is -2.27. The smallest absolute Gasteiger partial charge is 0.0551 e. The van der Waals surface area contributed by atoms with Crippen LogP contribution in [0.3, 0.4) is 0 Å². The lowest BCUT2D eigenvalue weighted by molar-refractivity contribution is 0.569. The van der Waals surface area contributed by atoms with E-state index in [4.69, 9.17) is 0 Å². The van der Waals surface area contributed by atoms with Gasteiger partial charge in [0.15, 0.2) is 0 Å². The minimum atomic E-state index is -0.992. The van der Waals surface area contributed by atoms with Crippen LogP contribution in [0.5, 0.6) is 0 Å². The molecular weight excluding hydrogens is 278 g/mol. The summed E-state index contributed by atoms with van der Waals surface area (Å²) in [6.07, 6.45) is 1.07. The van der Waals surface area contributed by atoms with Gasteiger partial charge in [-0.2, -0.15) is 0 Å². The van der Waals surface area contributed by atoms with Crippen LogP contribution in [-0.4, -0.2) is 16.5 Å². The molecule has 0 aliphatic carbocycles. The lowest BCUT2D eigenvalue weighted by Gasteiger charge is -2.19. The highest BCUT2D eigenvalue weighted by molar-refractivity contribution is 7.85. The maximum Gasteiger partial charge on any atom is 0.0551 e. The van der Waals surface area contributed by atoms with Gasteiger partial charge in [0, 0.05) is 16.7 Å². The first kappa shape index (κ1) is 15.9. The molecule has 0 aromatic heterocycles. The zero-order valence-corrected chi connectivity index (χ0v) is 13.5. The first-order chi connectivity index (χ1) is 10.2. The minimum absolute atomic E-state index is 0.131. The van der Waals surface area contributed by atoms with Gasteiger partial charge in [0.2, 0.25) is 0 Å². The van der Waals surface area contributed by atoms with Crippen LogP contribution < -0.4 is 5.32 Å². The third-order valence-corrected chi connectivity index (χ3v) is 5.08. The van der Waals surface area contributed by atoms with E-state index in [2.05, 4.69) is 24.4 Å². The van der Waals surface area contributed by atoms with Crippen molar-refractivity contribution < 1.29 is 4.21 Å². The molecule has 0 aliphatic heterocycles. The highest BCUT2D eigenvalue weighted by Crippen LogP contribution is 2.19. The molecule has 0 heterocycles. The van der Waals surface area contributed by atoms with E-state index in [9.17, 15) is 4.21 Å². The number of hydrogen-bond donors (Lipinski definition) is 1. The number of aryl methyl sites for hydroxylation is 1. The van der Waals surface area contributed by atoms with Crippen LogP contribution in [0.4, 0.5) is 0 Å². The summed E-state index contributed by atoms with van der Waals surface area (Å²) >= 11 is 0. The molecule has 2 rings (SSSR count). The molecule has 3 heteroatoms. The Morgan fingerprint density at radius 1 is 1.05 bits per heavy atom. The summed E-state index contributed by atoms with van der Waals surface area (Å²) in [4.78, 5) is 0.941. The summed E-state index contributed by atoms with van der Waals surface area (Å²) in [6, 6.07) is 18.3. The van der Waals surface area contributed by atoms with Crippen LogP contribution in [-0.2, 0) is 10.8 Å². The summed E-state index contributed by atoms with van der Waals surface area (Å²) in [6.45, 7) is 5.10. The van der Waals surface area contributed by atoms with Gasteiger partial charge < -0.3 is 5.32 Å². The van der Waals surface area contributed by atoms with Gasteiger partial charge in [-0.15, -0.1) is 0 Å². The predicted octanol–water partition coefficient (Wildman–Crippen LogP) is 3.84. The van der Waals surface area contributed by atoms with E-state index in [1.807, 2.05) is 49.4 Å². The summed E-state index contributed by atoms with van der Waals surface area (Å²) in [7, 11) is -0.992. The molecule has 2 aromatic rings. The second-order valence-corrected chi connectivity index (χ2v) is 6.66. The van der Waals surface area contributed by atoms with E-state index in [0.717, 1.165) is 23.4 Å². The van der Waals surface area contributed by atoms with E-state index >= 15 is 0 Å². The summed E-state index contributed by atoms with van der Waals surface area (Å²) in [5.41, 5.74) is 2.30. The van der Waals surface area contributed by atoms with Crippen LogP contribution in [0.2, 0.25) is 0 Å². The Bertz CT molecular complexity index is 583. The van der Waals surface area contributed by atoms with Gasteiger partial charge in [-0.05, 0) is 37.1 Å². The monoisotopic (exact) mass is 301 g/mol. The van der Waals surface area contributed by atoms with Gasteiger partial charge in [-0.25, -0.2) is 0 Å². The maximum atomic E-state index is 12.7. The number of rotatable bonds is 7. The predicted molar refractivity (Wildman–Crippen MR) is 89.9 cm³/mol. The lowest BCUT2D eigenvalue weighted by atomic mass is 10.1. The molecule has 0 spiro atoms. The fourth-order valence-corrected chi connectivity index (χ4v) is 3.78. The minimum Gasteiger partial charge on any atom is -0.309 e. The van der Waals surface area contributed by atoms with Crippen molar-refractivity contribution >= 4 is 10.8 Å². The van der Waals surface area contributed by atoms with Crippen molar-refractivity contribution in [3.05, 3.63) is 65.7 Å². The fraction of sp³-hybridized carbons (Fsp3) is 0.333. The summed E-state index contributed by atoms with van der Waals surface area (Å²) < 4.78 is 12.7. The molecule has 0 fully saturated rings. The van der Waals surface area contributed by atoms with Crippen LogP contribution in [0, 0.1) is 6.92 Å². The second kappa shape index (κ2) is 8.11. The Kier molecular flexibility index (Phi) is 6.15.